The monoisotopic (exact) mass is 441 g/mol. The third-order valence-electron chi connectivity index (χ3n) is 4.71. The fraction of sp³-hybridized carbons (Fsp3) is 0.182. The lowest BCUT2D eigenvalue weighted by molar-refractivity contribution is -0.120. The number of carbonyl (C=O) groups is 1. The topological polar surface area (TPSA) is 64.9 Å². The second-order valence-electron chi connectivity index (χ2n) is 6.65. The molecule has 0 spiro atoms. The van der Waals surface area contributed by atoms with Crippen LogP contribution in [-0.4, -0.2) is 29.5 Å². The lowest BCUT2D eigenvalue weighted by atomic mass is 10.1. The zero-order valence-electron chi connectivity index (χ0n) is 16.5. The molecule has 6 nitrogen and oxygen atoms in total. The highest BCUT2D eigenvalue weighted by atomic mass is 35.5. The summed E-state index contributed by atoms with van der Waals surface area (Å²) in [6, 6.07) is 13.0. The van der Waals surface area contributed by atoms with E-state index in [1.165, 1.54) is 11.3 Å². The van der Waals surface area contributed by atoms with Gasteiger partial charge in [0.15, 0.2) is 4.96 Å². The van der Waals surface area contributed by atoms with Gasteiger partial charge in [-0.15, -0.1) is 11.3 Å². The molecule has 4 rings (SSSR count). The zero-order valence-corrected chi connectivity index (χ0v) is 18.1. The number of fused-ring (bicyclic) bond motifs is 1. The van der Waals surface area contributed by atoms with Gasteiger partial charge in [0.25, 0.3) is 0 Å². The van der Waals surface area contributed by atoms with Crippen LogP contribution < -0.4 is 14.8 Å². The van der Waals surface area contributed by atoms with Crippen molar-refractivity contribution >= 4 is 33.8 Å². The lowest BCUT2D eigenvalue weighted by Gasteiger charge is -2.08. The van der Waals surface area contributed by atoms with E-state index < -0.39 is 0 Å². The number of rotatable bonds is 7. The van der Waals surface area contributed by atoms with E-state index in [2.05, 4.69) is 5.32 Å². The van der Waals surface area contributed by atoms with Crippen LogP contribution in [-0.2, 0) is 17.8 Å². The Bertz CT molecular complexity index is 1180. The second-order valence-corrected chi connectivity index (χ2v) is 7.92. The first kappa shape index (κ1) is 20.3. The Morgan fingerprint density at radius 2 is 1.97 bits per heavy atom. The normalized spacial score (nSPS) is 10.9. The molecule has 0 bridgehead atoms. The van der Waals surface area contributed by atoms with Gasteiger partial charge in [-0.3, -0.25) is 9.20 Å². The maximum absolute atomic E-state index is 12.5. The number of methoxy groups -OCH3 is 2. The van der Waals surface area contributed by atoms with Crippen molar-refractivity contribution < 1.29 is 14.3 Å². The van der Waals surface area contributed by atoms with Crippen LogP contribution in [0.4, 0.5) is 0 Å². The van der Waals surface area contributed by atoms with Crippen molar-refractivity contribution in [3.05, 3.63) is 70.3 Å². The van der Waals surface area contributed by atoms with Gasteiger partial charge in [-0.2, -0.15) is 0 Å². The summed E-state index contributed by atoms with van der Waals surface area (Å²) < 4.78 is 12.7. The average Bonchev–Trinajstić information content (AvgIpc) is 3.34. The Labute approximate surface area is 183 Å². The van der Waals surface area contributed by atoms with Crippen LogP contribution in [0.3, 0.4) is 0 Å². The molecule has 8 heteroatoms. The standard InChI is InChI=1S/C22H20ClN3O3S/c1-28-17-7-8-20(29-2)18(10-17)19-12-26-16(13-30-22(26)25-19)9-21(27)24-11-14-3-5-15(23)6-4-14/h3-8,10,12-13H,9,11H2,1-2H3,(H,24,27). The summed E-state index contributed by atoms with van der Waals surface area (Å²) >= 11 is 7.39. The van der Waals surface area contributed by atoms with Gasteiger partial charge in [-0.05, 0) is 35.9 Å². The maximum atomic E-state index is 12.5. The first-order valence-electron chi connectivity index (χ1n) is 9.26. The number of benzene rings is 2. The second kappa shape index (κ2) is 8.77. The summed E-state index contributed by atoms with van der Waals surface area (Å²) in [5.74, 6) is 1.38. The molecule has 0 radical (unpaired) electrons. The van der Waals surface area contributed by atoms with Crippen molar-refractivity contribution in [2.24, 2.45) is 0 Å². The fourth-order valence-corrected chi connectivity index (χ4v) is 4.13. The van der Waals surface area contributed by atoms with Crippen molar-refractivity contribution in [3.8, 4) is 22.8 Å². The molecule has 2 aromatic heterocycles. The van der Waals surface area contributed by atoms with Crippen molar-refractivity contribution in [2.45, 2.75) is 13.0 Å². The van der Waals surface area contributed by atoms with Gasteiger partial charge in [-0.1, -0.05) is 23.7 Å². The van der Waals surface area contributed by atoms with Gasteiger partial charge in [0.05, 0.1) is 26.3 Å². The van der Waals surface area contributed by atoms with Gasteiger partial charge >= 0.3 is 0 Å². The van der Waals surface area contributed by atoms with Crippen LogP contribution in [0.5, 0.6) is 11.5 Å². The van der Waals surface area contributed by atoms with E-state index in [4.69, 9.17) is 26.1 Å². The van der Waals surface area contributed by atoms with Crippen molar-refractivity contribution in [2.75, 3.05) is 14.2 Å². The zero-order chi connectivity index (χ0) is 21.1. The number of hydrogen-bond donors (Lipinski definition) is 1. The van der Waals surface area contributed by atoms with Gasteiger partial charge in [-0.25, -0.2) is 4.98 Å². The summed E-state index contributed by atoms with van der Waals surface area (Å²) in [5, 5.41) is 5.58. The number of carbonyl (C=O) groups excluding carboxylic acids is 1. The summed E-state index contributed by atoms with van der Waals surface area (Å²) in [7, 11) is 3.25. The Balaban J connectivity index is 1.52. The van der Waals surface area contributed by atoms with Crippen LogP contribution in [0.1, 0.15) is 11.3 Å². The summed E-state index contributed by atoms with van der Waals surface area (Å²) in [4.78, 5) is 18.0. The minimum Gasteiger partial charge on any atom is -0.497 e. The highest BCUT2D eigenvalue weighted by molar-refractivity contribution is 7.15. The van der Waals surface area contributed by atoms with E-state index in [-0.39, 0.29) is 12.3 Å². The molecule has 0 aliphatic heterocycles. The van der Waals surface area contributed by atoms with Crippen molar-refractivity contribution in [1.82, 2.24) is 14.7 Å². The first-order valence-corrected chi connectivity index (χ1v) is 10.5. The Morgan fingerprint density at radius 1 is 1.17 bits per heavy atom. The molecule has 0 fully saturated rings. The molecule has 0 aliphatic carbocycles. The van der Waals surface area contributed by atoms with Gasteiger partial charge in [0.1, 0.15) is 11.5 Å². The SMILES string of the molecule is COc1ccc(OC)c(-c2cn3c(CC(=O)NCc4ccc(Cl)cc4)csc3n2)c1. The number of aromatic nitrogens is 2. The maximum Gasteiger partial charge on any atom is 0.226 e. The van der Waals surface area contributed by atoms with Gasteiger partial charge in [0.2, 0.25) is 5.91 Å². The van der Waals surface area contributed by atoms with Crippen molar-refractivity contribution in [1.29, 1.82) is 0 Å². The molecule has 1 amide bonds. The van der Waals surface area contributed by atoms with Crippen LogP contribution >= 0.6 is 22.9 Å². The molecule has 30 heavy (non-hydrogen) atoms. The largest absolute Gasteiger partial charge is 0.497 e. The minimum atomic E-state index is -0.0566. The molecule has 0 atom stereocenters. The highest BCUT2D eigenvalue weighted by Gasteiger charge is 2.15. The van der Waals surface area contributed by atoms with Crippen LogP contribution in [0.15, 0.2) is 54.0 Å². The van der Waals surface area contributed by atoms with E-state index in [9.17, 15) is 4.79 Å². The number of amides is 1. The number of hydrogen-bond acceptors (Lipinski definition) is 5. The van der Waals surface area contributed by atoms with E-state index in [0.29, 0.717) is 17.3 Å². The highest BCUT2D eigenvalue weighted by Crippen LogP contribution is 2.34. The summed E-state index contributed by atoms with van der Waals surface area (Å²) in [6.45, 7) is 0.458. The molecular weight excluding hydrogens is 422 g/mol. The Hall–Kier alpha value is -3.03. The fourth-order valence-electron chi connectivity index (χ4n) is 3.13. The number of ether oxygens (including phenoxy) is 2. The molecule has 0 saturated heterocycles. The smallest absolute Gasteiger partial charge is 0.226 e. The Kier molecular flexibility index (Phi) is 5.92. The predicted octanol–water partition coefficient (Wildman–Crippen LogP) is 4.59. The van der Waals surface area contributed by atoms with Crippen molar-refractivity contribution in [3.63, 3.8) is 0 Å². The predicted molar refractivity (Wildman–Crippen MR) is 119 cm³/mol. The molecule has 4 aromatic rings. The minimum absolute atomic E-state index is 0.0566. The molecule has 1 N–H and O–H groups in total. The van der Waals surface area contributed by atoms with E-state index in [1.807, 2.05) is 58.4 Å². The van der Waals surface area contributed by atoms with E-state index >= 15 is 0 Å². The summed E-state index contributed by atoms with van der Waals surface area (Å²) in [5.41, 5.74) is 3.48. The first-order chi connectivity index (χ1) is 14.6. The van der Waals surface area contributed by atoms with Gasteiger partial charge < -0.3 is 14.8 Å². The number of nitrogens with one attached hydrogen (secondary N) is 1. The van der Waals surface area contributed by atoms with Crippen LogP contribution in [0.25, 0.3) is 16.2 Å². The average molecular weight is 442 g/mol. The lowest BCUT2D eigenvalue weighted by Crippen LogP contribution is -2.24. The summed E-state index contributed by atoms with van der Waals surface area (Å²) in [6.07, 6.45) is 2.18. The molecule has 154 valence electrons. The molecule has 2 aromatic carbocycles. The van der Waals surface area contributed by atoms with Gasteiger partial charge in [0, 0.05) is 34.4 Å². The molecular formula is C22H20ClN3O3S. The number of imidazole rings is 1. The molecule has 0 saturated carbocycles. The van der Waals surface area contributed by atoms with Crippen LogP contribution in [0, 0.1) is 0 Å². The van der Waals surface area contributed by atoms with E-state index in [1.54, 1.807) is 14.2 Å². The molecule has 0 unspecified atom stereocenters. The third kappa shape index (κ3) is 4.27. The number of nitrogens with zero attached hydrogens (tertiary/aromatic N) is 2. The Morgan fingerprint density at radius 3 is 2.70 bits per heavy atom. The van der Waals surface area contributed by atoms with E-state index in [0.717, 1.165) is 33.2 Å². The quantitative estimate of drug-likeness (QED) is 0.455. The number of thiazole rings is 1. The third-order valence-corrected chi connectivity index (χ3v) is 5.85. The number of halogens is 1. The van der Waals surface area contributed by atoms with Crippen LogP contribution in [0.2, 0.25) is 5.02 Å². The molecule has 2 heterocycles. The molecule has 0 aliphatic rings.